The van der Waals surface area contributed by atoms with Gasteiger partial charge < -0.3 is 9.47 Å². The molecule has 2 aromatic carbocycles. The third-order valence-electron chi connectivity index (χ3n) is 6.19. The number of Topliss-reactive ketones (excluding diaryl/α,β-unsaturated/α-hetero) is 1. The van der Waals surface area contributed by atoms with E-state index in [0.717, 1.165) is 19.8 Å². The van der Waals surface area contributed by atoms with Crippen molar-refractivity contribution in [2.45, 2.75) is 13.8 Å². The number of ketones is 1. The average Bonchev–Trinajstić information content (AvgIpc) is 3.36. The van der Waals surface area contributed by atoms with Gasteiger partial charge in [-0.3, -0.25) is 24.5 Å². The van der Waals surface area contributed by atoms with Crippen LogP contribution in [-0.2, 0) is 19.1 Å². The number of esters is 2. The molecule has 0 aromatic heterocycles. The van der Waals surface area contributed by atoms with Gasteiger partial charge in [0.25, 0.3) is 5.69 Å². The molecule has 0 aliphatic heterocycles. The Morgan fingerprint density at radius 3 is 2.16 bits per heavy atom. The number of aryl methyl sites for hydroxylation is 1. The van der Waals surface area contributed by atoms with E-state index < -0.39 is 39.4 Å². The summed E-state index contributed by atoms with van der Waals surface area (Å²) in [4.78, 5) is 49.8. The number of nitrogens with zero attached hydrogens (tertiary/aromatic N) is 1. The summed E-state index contributed by atoms with van der Waals surface area (Å²) in [6, 6.07) is 12.7. The van der Waals surface area contributed by atoms with Gasteiger partial charge in [-0.15, -0.1) is 0 Å². The number of rotatable bonds is 7. The van der Waals surface area contributed by atoms with Crippen molar-refractivity contribution in [2.24, 2.45) is 16.7 Å². The number of non-ortho nitro benzene ring substituents is 1. The summed E-state index contributed by atoms with van der Waals surface area (Å²) in [5, 5.41) is 11.1. The molecule has 166 valence electrons. The van der Waals surface area contributed by atoms with Gasteiger partial charge in [-0.1, -0.05) is 54.1 Å². The van der Waals surface area contributed by atoms with Gasteiger partial charge in [0.15, 0.2) is 11.2 Å². The van der Waals surface area contributed by atoms with E-state index in [1.54, 1.807) is 42.5 Å². The van der Waals surface area contributed by atoms with Gasteiger partial charge in [-0.25, -0.2) is 0 Å². The number of carbonyl (C=O) groups excluding carboxylic acids is 3. The van der Waals surface area contributed by atoms with Crippen LogP contribution in [0.2, 0.25) is 0 Å². The van der Waals surface area contributed by atoms with Crippen LogP contribution in [-0.4, -0.2) is 36.9 Å². The van der Waals surface area contributed by atoms with E-state index >= 15 is 0 Å². The maximum Gasteiger partial charge on any atom is 0.324 e. The Bertz CT molecular complexity index is 1100. The number of nitro groups is 1. The molecule has 0 heterocycles. The van der Waals surface area contributed by atoms with Crippen LogP contribution < -0.4 is 0 Å². The molecule has 1 aliphatic rings. The number of methoxy groups -OCH3 is 2. The number of nitro benzene ring substituents is 1. The fraction of sp³-hybridized carbons (Fsp3) is 0.292. The second-order valence-corrected chi connectivity index (χ2v) is 7.88. The molecule has 8 nitrogen and oxygen atoms in total. The normalized spacial score (nSPS) is 21.1. The Hall–Kier alpha value is -3.81. The molecule has 2 aromatic rings. The van der Waals surface area contributed by atoms with Gasteiger partial charge >= 0.3 is 11.9 Å². The van der Waals surface area contributed by atoms with Crippen molar-refractivity contribution in [1.29, 1.82) is 0 Å². The first kappa shape index (κ1) is 22.9. The first-order valence-electron chi connectivity index (χ1n) is 9.85. The van der Waals surface area contributed by atoms with Crippen molar-refractivity contribution in [3.05, 3.63) is 81.4 Å². The highest BCUT2D eigenvalue weighted by Gasteiger charge is 2.86. The maximum absolute atomic E-state index is 13.5. The molecule has 0 radical (unpaired) electrons. The topological polar surface area (TPSA) is 113 Å². The summed E-state index contributed by atoms with van der Waals surface area (Å²) in [6.45, 7) is 3.41. The zero-order valence-electron chi connectivity index (χ0n) is 18.2. The number of benzene rings is 2. The van der Waals surface area contributed by atoms with Crippen molar-refractivity contribution in [1.82, 2.24) is 0 Å². The second-order valence-electron chi connectivity index (χ2n) is 7.88. The van der Waals surface area contributed by atoms with Crippen LogP contribution >= 0.6 is 0 Å². The number of allylic oxidation sites excluding steroid dienone is 1. The largest absolute Gasteiger partial charge is 0.468 e. The Morgan fingerprint density at radius 2 is 1.62 bits per heavy atom. The highest BCUT2D eigenvalue weighted by molar-refractivity contribution is 6.17. The summed E-state index contributed by atoms with van der Waals surface area (Å²) in [5.41, 5.74) is -1.64. The molecule has 8 heteroatoms. The van der Waals surface area contributed by atoms with Crippen LogP contribution in [0.5, 0.6) is 0 Å². The minimum atomic E-state index is -1.87. The monoisotopic (exact) mass is 437 g/mol. The fourth-order valence-electron chi connectivity index (χ4n) is 4.35. The predicted octanol–water partition coefficient (Wildman–Crippen LogP) is 3.77. The van der Waals surface area contributed by atoms with E-state index in [1.807, 2.05) is 6.92 Å². The zero-order chi connectivity index (χ0) is 23.7. The van der Waals surface area contributed by atoms with Crippen molar-refractivity contribution >= 4 is 29.5 Å². The molecule has 0 spiro atoms. The quantitative estimate of drug-likeness (QED) is 0.213. The molecule has 0 bridgehead atoms. The molecule has 0 unspecified atom stereocenters. The van der Waals surface area contributed by atoms with Crippen molar-refractivity contribution in [2.75, 3.05) is 14.2 Å². The lowest BCUT2D eigenvalue weighted by molar-refractivity contribution is -0.384. The van der Waals surface area contributed by atoms with Gasteiger partial charge in [-0.2, -0.15) is 0 Å². The molecule has 1 aliphatic carbocycles. The molecule has 0 N–H and O–H groups in total. The van der Waals surface area contributed by atoms with Gasteiger partial charge in [-0.05, 0) is 19.4 Å². The molecule has 32 heavy (non-hydrogen) atoms. The Labute approximate surface area is 185 Å². The van der Waals surface area contributed by atoms with Crippen LogP contribution in [0.15, 0.2) is 54.6 Å². The third kappa shape index (κ3) is 3.37. The zero-order valence-corrected chi connectivity index (χ0v) is 18.2. The summed E-state index contributed by atoms with van der Waals surface area (Å²) >= 11 is 0. The standard InChI is InChI=1S/C24H23NO7/c1-15-8-11-17(12-9-15)20(26)23(2)19(24(23,21(27)31-3)22(28)32-4)13-10-16-6-5-7-18(14-16)25(29)30/h5-14,19H,1-4H3/b13-10+/t19-,23-/m1/s1. The number of carbonyl (C=O) groups is 3. The minimum absolute atomic E-state index is 0.103. The van der Waals surface area contributed by atoms with Crippen LogP contribution in [0.3, 0.4) is 0 Å². The molecule has 1 fully saturated rings. The minimum Gasteiger partial charge on any atom is -0.468 e. The van der Waals surface area contributed by atoms with Gasteiger partial charge in [0.05, 0.1) is 24.6 Å². The van der Waals surface area contributed by atoms with E-state index in [4.69, 9.17) is 9.47 Å². The lowest BCUT2D eigenvalue weighted by atomic mass is 9.86. The molecule has 0 amide bonds. The molecular weight excluding hydrogens is 414 g/mol. The summed E-state index contributed by atoms with van der Waals surface area (Å²) < 4.78 is 9.84. The summed E-state index contributed by atoms with van der Waals surface area (Å²) in [7, 11) is 2.28. The van der Waals surface area contributed by atoms with E-state index in [9.17, 15) is 24.5 Å². The fourth-order valence-corrected chi connectivity index (χ4v) is 4.35. The van der Waals surface area contributed by atoms with E-state index in [0.29, 0.717) is 11.1 Å². The van der Waals surface area contributed by atoms with Crippen LogP contribution in [0.4, 0.5) is 5.69 Å². The van der Waals surface area contributed by atoms with Crippen molar-refractivity contribution in [3.63, 3.8) is 0 Å². The Balaban J connectivity index is 2.10. The van der Waals surface area contributed by atoms with Gasteiger partial charge in [0.2, 0.25) is 0 Å². The smallest absolute Gasteiger partial charge is 0.324 e. The third-order valence-corrected chi connectivity index (χ3v) is 6.19. The summed E-state index contributed by atoms with van der Waals surface area (Å²) in [5.74, 6) is -3.02. The van der Waals surface area contributed by atoms with Gasteiger partial charge in [0.1, 0.15) is 0 Å². The van der Waals surface area contributed by atoms with Gasteiger partial charge in [0, 0.05) is 23.6 Å². The molecule has 1 saturated carbocycles. The molecule has 0 saturated heterocycles. The maximum atomic E-state index is 13.5. The molecule has 2 atom stereocenters. The van der Waals surface area contributed by atoms with Crippen LogP contribution in [0, 0.1) is 33.8 Å². The molecule has 3 rings (SSSR count). The van der Waals surface area contributed by atoms with Crippen molar-refractivity contribution < 1.29 is 28.8 Å². The SMILES string of the molecule is COC(=O)C1(C(=O)OC)[C@H](/C=C/c2cccc([N+](=O)[O-])c2)[C@]1(C)C(=O)c1ccc(C)cc1. The van der Waals surface area contributed by atoms with Crippen molar-refractivity contribution in [3.8, 4) is 0 Å². The predicted molar refractivity (Wildman–Crippen MR) is 116 cm³/mol. The lowest BCUT2D eigenvalue weighted by Gasteiger charge is -2.17. The highest BCUT2D eigenvalue weighted by atomic mass is 16.6. The van der Waals surface area contributed by atoms with Crippen LogP contribution in [0.25, 0.3) is 6.08 Å². The molecular formula is C24H23NO7. The van der Waals surface area contributed by atoms with E-state index in [2.05, 4.69) is 0 Å². The first-order chi connectivity index (χ1) is 15.1. The first-order valence-corrected chi connectivity index (χ1v) is 9.85. The summed E-state index contributed by atoms with van der Waals surface area (Å²) in [6.07, 6.45) is 3.09. The Kier molecular flexibility index (Phi) is 5.98. The number of ether oxygens (including phenoxy) is 2. The average molecular weight is 437 g/mol. The highest BCUT2D eigenvalue weighted by Crippen LogP contribution is 2.72. The number of hydrogen-bond acceptors (Lipinski definition) is 7. The second kappa shape index (κ2) is 8.37. The van der Waals surface area contributed by atoms with E-state index in [1.165, 1.54) is 25.1 Å². The lowest BCUT2D eigenvalue weighted by Crippen LogP contribution is -2.36. The van der Waals surface area contributed by atoms with E-state index in [-0.39, 0.29) is 5.69 Å². The number of hydrogen-bond donors (Lipinski definition) is 0. The Morgan fingerprint density at radius 1 is 1.03 bits per heavy atom. The van der Waals surface area contributed by atoms with Crippen LogP contribution in [0.1, 0.15) is 28.4 Å².